The van der Waals surface area contributed by atoms with Gasteiger partial charge in [-0.3, -0.25) is 4.98 Å². The molecular formula is C11H9NO. The van der Waals surface area contributed by atoms with Gasteiger partial charge in [-0.2, -0.15) is 0 Å². The Balaban J connectivity index is 2.81. The number of fused-ring (bicyclic) bond motifs is 1. The van der Waals surface area contributed by atoms with Crippen molar-refractivity contribution >= 4 is 16.8 Å². The summed E-state index contributed by atoms with van der Waals surface area (Å²) in [5.41, 5.74) is 0.772. The molecule has 2 rings (SSSR count). The first-order valence-corrected chi connectivity index (χ1v) is 4.01. The van der Waals surface area contributed by atoms with Gasteiger partial charge in [0, 0.05) is 17.0 Å². The molecule has 0 aliphatic carbocycles. The van der Waals surface area contributed by atoms with Crippen LogP contribution in [-0.4, -0.2) is 10.1 Å². The third kappa shape index (κ3) is 1.26. The fraction of sp³-hybridized carbons (Fsp3) is 0. The van der Waals surface area contributed by atoms with Crippen molar-refractivity contribution in [1.29, 1.82) is 0 Å². The molecule has 0 unspecified atom stereocenters. The van der Waals surface area contributed by atoms with Gasteiger partial charge in [0.25, 0.3) is 0 Å². The highest BCUT2D eigenvalue weighted by Gasteiger charge is 1.99. The van der Waals surface area contributed by atoms with Crippen LogP contribution in [0.3, 0.4) is 0 Å². The Morgan fingerprint density at radius 3 is 3.00 bits per heavy atom. The van der Waals surface area contributed by atoms with Crippen molar-refractivity contribution in [3.05, 3.63) is 42.7 Å². The molecule has 1 aromatic carbocycles. The smallest absolute Gasteiger partial charge is 0.123 e. The summed E-state index contributed by atoms with van der Waals surface area (Å²) in [5.74, 6) is 0.281. The van der Waals surface area contributed by atoms with E-state index < -0.39 is 0 Å². The summed E-state index contributed by atoms with van der Waals surface area (Å²) in [4.78, 5) is 4.14. The van der Waals surface area contributed by atoms with Crippen LogP contribution in [0.2, 0.25) is 0 Å². The number of pyridine rings is 1. The summed E-state index contributed by atoms with van der Waals surface area (Å²) in [6.45, 7) is 3.62. The fourth-order valence-corrected chi connectivity index (χ4v) is 1.28. The molecule has 2 aromatic rings. The first-order valence-electron chi connectivity index (χ1n) is 4.01. The molecule has 0 atom stereocenters. The molecule has 0 aliphatic heterocycles. The van der Waals surface area contributed by atoms with E-state index in [2.05, 4.69) is 11.6 Å². The Morgan fingerprint density at radius 2 is 2.23 bits per heavy atom. The molecule has 1 heterocycles. The summed E-state index contributed by atoms with van der Waals surface area (Å²) in [7, 11) is 0. The lowest BCUT2D eigenvalue weighted by Gasteiger charge is -2.00. The summed E-state index contributed by atoms with van der Waals surface area (Å²) in [6, 6.07) is 7.19. The van der Waals surface area contributed by atoms with E-state index in [1.54, 1.807) is 24.4 Å². The lowest BCUT2D eigenvalue weighted by atomic mass is 10.1. The maximum absolute atomic E-state index is 9.53. The molecule has 0 fully saturated rings. The maximum atomic E-state index is 9.53. The number of aromatic hydroxyl groups is 1. The Kier molecular flexibility index (Phi) is 1.74. The molecule has 0 spiro atoms. The Labute approximate surface area is 76.2 Å². The summed E-state index contributed by atoms with van der Waals surface area (Å²) in [5, 5.41) is 11.3. The van der Waals surface area contributed by atoms with E-state index in [1.165, 1.54) is 0 Å². The maximum Gasteiger partial charge on any atom is 0.123 e. The zero-order valence-corrected chi connectivity index (χ0v) is 7.07. The van der Waals surface area contributed by atoms with E-state index in [9.17, 15) is 5.11 Å². The number of aromatic nitrogens is 1. The van der Waals surface area contributed by atoms with Gasteiger partial charge < -0.3 is 5.11 Å². The van der Waals surface area contributed by atoms with Gasteiger partial charge in [0.2, 0.25) is 0 Å². The number of hydrogen-bond donors (Lipinski definition) is 1. The second-order valence-electron chi connectivity index (χ2n) is 2.81. The lowest BCUT2D eigenvalue weighted by Crippen LogP contribution is -1.81. The second kappa shape index (κ2) is 2.90. The number of benzene rings is 1. The van der Waals surface area contributed by atoms with Crippen LogP contribution in [0.1, 0.15) is 5.69 Å². The number of phenols is 1. The van der Waals surface area contributed by atoms with Crippen molar-refractivity contribution in [2.45, 2.75) is 0 Å². The number of phenolic OH excluding ortho intramolecular Hbond substituents is 1. The SMILES string of the molecule is C=Cc1cc2c(O)cccc2cn1. The van der Waals surface area contributed by atoms with Crippen LogP contribution in [0.5, 0.6) is 5.75 Å². The van der Waals surface area contributed by atoms with Crippen molar-refractivity contribution in [1.82, 2.24) is 4.98 Å². The minimum atomic E-state index is 0.281. The molecule has 2 nitrogen and oxygen atoms in total. The molecule has 0 aliphatic rings. The standard InChI is InChI=1S/C11H9NO/c1-2-9-6-10-8(7-12-9)4-3-5-11(10)13/h2-7,13H,1H2. The summed E-state index contributed by atoms with van der Waals surface area (Å²) >= 11 is 0. The van der Waals surface area contributed by atoms with Crippen LogP contribution in [0.25, 0.3) is 16.8 Å². The van der Waals surface area contributed by atoms with Gasteiger partial charge in [-0.1, -0.05) is 18.7 Å². The van der Waals surface area contributed by atoms with Crippen LogP contribution in [-0.2, 0) is 0 Å². The van der Waals surface area contributed by atoms with Crippen LogP contribution in [0.15, 0.2) is 37.0 Å². The monoisotopic (exact) mass is 171 g/mol. The summed E-state index contributed by atoms with van der Waals surface area (Å²) in [6.07, 6.45) is 3.39. The van der Waals surface area contributed by atoms with E-state index in [-0.39, 0.29) is 5.75 Å². The molecule has 0 amide bonds. The minimum Gasteiger partial charge on any atom is -0.507 e. The molecule has 0 saturated heterocycles. The van der Waals surface area contributed by atoms with Crippen LogP contribution in [0.4, 0.5) is 0 Å². The van der Waals surface area contributed by atoms with Crippen molar-refractivity contribution in [3.63, 3.8) is 0 Å². The van der Waals surface area contributed by atoms with Gasteiger partial charge in [-0.25, -0.2) is 0 Å². The molecule has 1 aromatic heterocycles. The first kappa shape index (κ1) is 7.80. The van der Waals surface area contributed by atoms with E-state index in [0.717, 1.165) is 16.5 Å². The molecule has 64 valence electrons. The quantitative estimate of drug-likeness (QED) is 0.715. The fourth-order valence-electron chi connectivity index (χ4n) is 1.28. The van der Waals surface area contributed by atoms with Crippen LogP contribution >= 0.6 is 0 Å². The van der Waals surface area contributed by atoms with E-state index in [0.29, 0.717) is 0 Å². The van der Waals surface area contributed by atoms with Gasteiger partial charge in [0.15, 0.2) is 0 Å². The molecule has 0 radical (unpaired) electrons. The lowest BCUT2D eigenvalue weighted by molar-refractivity contribution is 0.481. The largest absolute Gasteiger partial charge is 0.507 e. The van der Waals surface area contributed by atoms with Gasteiger partial charge in [-0.05, 0) is 18.2 Å². The summed E-state index contributed by atoms with van der Waals surface area (Å²) < 4.78 is 0. The average Bonchev–Trinajstić information content (AvgIpc) is 2.18. The highest BCUT2D eigenvalue weighted by Crippen LogP contribution is 2.24. The van der Waals surface area contributed by atoms with Gasteiger partial charge in [0.05, 0.1) is 5.69 Å². The molecule has 1 N–H and O–H groups in total. The Hall–Kier alpha value is -1.83. The Bertz CT molecular complexity index is 463. The minimum absolute atomic E-state index is 0.281. The van der Waals surface area contributed by atoms with Crippen molar-refractivity contribution in [2.24, 2.45) is 0 Å². The Morgan fingerprint density at radius 1 is 1.38 bits per heavy atom. The highest BCUT2D eigenvalue weighted by atomic mass is 16.3. The average molecular weight is 171 g/mol. The van der Waals surface area contributed by atoms with Gasteiger partial charge >= 0.3 is 0 Å². The molecule has 2 heteroatoms. The van der Waals surface area contributed by atoms with Gasteiger partial charge in [0.1, 0.15) is 5.75 Å². The molecule has 13 heavy (non-hydrogen) atoms. The van der Waals surface area contributed by atoms with Crippen LogP contribution in [0, 0.1) is 0 Å². The number of hydrogen-bond acceptors (Lipinski definition) is 2. The van der Waals surface area contributed by atoms with Crippen molar-refractivity contribution < 1.29 is 5.11 Å². The topological polar surface area (TPSA) is 33.1 Å². The number of nitrogens with zero attached hydrogens (tertiary/aromatic N) is 1. The predicted molar refractivity (Wildman–Crippen MR) is 53.5 cm³/mol. The van der Waals surface area contributed by atoms with E-state index >= 15 is 0 Å². The molecular weight excluding hydrogens is 162 g/mol. The number of rotatable bonds is 1. The normalized spacial score (nSPS) is 10.2. The predicted octanol–water partition coefficient (Wildman–Crippen LogP) is 2.58. The van der Waals surface area contributed by atoms with E-state index in [1.807, 2.05) is 12.1 Å². The van der Waals surface area contributed by atoms with E-state index in [4.69, 9.17) is 0 Å². The molecule has 0 saturated carbocycles. The second-order valence-corrected chi connectivity index (χ2v) is 2.81. The first-order chi connectivity index (χ1) is 6.31. The highest BCUT2D eigenvalue weighted by molar-refractivity contribution is 5.88. The third-order valence-corrected chi connectivity index (χ3v) is 1.97. The van der Waals surface area contributed by atoms with Gasteiger partial charge in [-0.15, -0.1) is 0 Å². The molecule has 0 bridgehead atoms. The van der Waals surface area contributed by atoms with Crippen molar-refractivity contribution in [3.8, 4) is 5.75 Å². The zero-order chi connectivity index (χ0) is 9.26. The zero-order valence-electron chi connectivity index (χ0n) is 7.07. The third-order valence-electron chi connectivity index (χ3n) is 1.97. The van der Waals surface area contributed by atoms with Crippen LogP contribution < -0.4 is 0 Å². The van der Waals surface area contributed by atoms with Crippen molar-refractivity contribution in [2.75, 3.05) is 0 Å².